The van der Waals surface area contributed by atoms with Crippen LogP contribution in [0.4, 0.5) is 11.7 Å². The van der Waals surface area contributed by atoms with Crippen molar-refractivity contribution in [3.63, 3.8) is 0 Å². The lowest BCUT2D eigenvalue weighted by Crippen LogP contribution is -2.12. The predicted molar refractivity (Wildman–Crippen MR) is 68.5 cm³/mol. The number of benzene rings is 1. The van der Waals surface area contributed by atoms with Crippen LogP contribution in [0.5, 0.6) is 0 Å². The molecule has 90 valence electrons. The number of aryl methyl sites for hydroxylation is 1. The average Bonchev–Trinajstić information content (AvgIpc) is 2.78. The van der Waals surface area contributed by atoms with Crippen LogP contribution in [0.15, 0.2) is 34.9 Å². The number of rotatable bonds is 4. The van der Waals surface area contributed by atoms with Crippen molar-refractivity contribution in [2.24, 2.45) is 0 Å². The standard InChI is InChI=1S/C13H17N3O/c1-10-6-4-5-7-12(10)16(3)13-15-11(8-14-2)9-17-13/h4-7,9,14H,8H2,1-3H3. The third-order valence-electron chi connectivity index (χ3n) is 2.66. The first-order chi connectivity index (χ1) is 8.22. The molecule has 4 heteroatoms. The van der Waals surface area contributed by atoms with Crippen LogP contribution in [-0.2, 0) is 6.54 Å². The number of aromatic nitrogens is 1. The van der Waals surface area contributed by atoms with Crippen molar-refractivity contribution < 1.29 is 4.42 Å². The maximum absolute atomic E-state index is 5.46. The third kappa shape index (κ3) is 2.47. The van der Waals surface area contributed by atoms with Crippen LogP contribution in [0.1, 0.15) is 11.3 Å². The van der Waals surface area contributed by atoms with Gasteiger partial charge in [0.2, 0.25) is 0 Å². The first-order valence-electron chi connectivity index (χ1n) is 5.60. The van der Waals surface area contributed by atoms with Gasteiger partial charge < -0.3 is 9.73 Å². The first-order valence-corrected chi connectivity index (χ1v) is 5.60. The summed E-state index contributed by atoms with van der Waals surface area (Å²) in [5.41, 5.74) is 3.21. The molecule has 0 spiro atoms. The van der Waals surface area contributed by atoms with Crippen molar-refractivity contribution in [1.82, 2.24) is 10.3 Å². The molecule has 0 bridgehead atoms. The highest BCUT2D eigenvalue weighted by Crippen LogP contribution is 2.25. The van der Waals surface area contributed by atoms with Crippen molar-refractivity contribution in [1.29, 1.82) is 0 Å². The molecule has 0 atom stereocenters. The summed E-state index contributed by atoms with van der Waals surface area (Å²) >= 11 is 0. The number of hydrogen-bond donors (Lipinski definition) is 1. The molecule has 0 aliphatic rings. The molecule has 0 aliphatic carbocycles. The topological polar surface area (TPSA) is 41.3 Å². The number of nitrogens with zero attached hydrogens (tertiary/aromatic N) is 2. The van der Waals surface area contributed by atoms with E-state index in [1.807, 2.05) is 31.1 Å². The predicted octanol–water partition coefficient (Wildman–Crippen LogP) is 2.47. The quantitative estimate of drug-likeness (QED) is 0.877. The van der Waals surface area contributed by atoms with Crippen LogP contribution in [0.3, 0.4) is 0 Å². The van der Waals surface area contributed by atoms with Crippen LogP contribution in [0.2, 0.25) is 0 Å². The summed E-state index contributed by atoms with van der Waals surface area (Å²) in [5.74, 6) is 0. The lowest BCUT2D eigenvalue weighted by molar-refractivity contribution is 0.558. The molecule has 0 fully saturated rings. The van der Waals surface area contributed by atoms with Crippen LogP contribution < -0.4 is 10.2 Å². The van der Waals surface area contributed by atoms with Gasteiger partial charge in [0.15, 0.2) is 0 Å². The van der Waals surface area contributed by atoms with Crippen LogP contribution in [-0.4, -0.2) is 19.1 Å². The van der Waals surface area contributed by atoms with E-state index in [0.717, 1.165) is 11.4 Å². The number of nitrogens with one attached hydrogen (secondary N) is 1. The normalized spacial score (nSPS) is 10.5. The Labute approximate surface area is 101 Å². The number of hydrogen-bond acceptors (Lipinski definition) is 4. The maximum Gasteiger partial charge on any atom is 0.301 e. The Morgan fingerprint density at radius 1 is 1.35 bits per heavy atom. The first kappa shape index (κ1) is 11.7. The van der Waals surface area contributed by atoms with Gasteiger partial charge in [-0.3, -0.25) is 4.90 Å². The summed E-state index contributed by atoms with van der Waals surface area (Å²) in [5, 5.41) is 3.05. The molecule has 0 amide bonds. The Balaban J connectivity index is 2.24. The van der Waals surface area contributed by atoms with E-state index in [-0.39, 0.29) is 0 Å². The molecule has 0 saturated carbocycles. The van der Waals surface area contributed by atoms with Gasteiger partial charge in [-0.25, -0.2) is 0 Å². The second-order valence-corrected chi connectivity index (χ2v) is 4.00. The Morgan fingerprint density at radius 2 is 2.12 bits per heavy atom. The molecule has 1 heterocycles. The Hall–Kier alpha value is -1.81. The van der Waals surface area contributed by atoms with Crippen LogP contribution in [0, 0.1) is 6.92 Å². The van der Waals surface area contributed by atoms with E-state index in [1.165, 1.54) is 5.56 Å². The molecule has 0 radical (unpaired) electrons. The maximum atomic E-state index is 5.46. The fraction of sp³-hybridized carbons (Fsp3) is 0.308. The Kier molecular flexibility index (Phi) is 3.44. The highest BCUT2D eigenvalue weighted by atomic mass is 16.4. The summed E-state index contributed by atoms with van der Waals surface area (Å²) in [6.07, 6.45) is 1.68. The molecule has 0 aliphatic heterocycles. The van der Waals surface area contributed by atoms with Gasteiger partial charge in [-0.15, -0.1) is 0 Å². The smallest absolute Gasteiger partial charge is 0.301 e. The van der Waals surface area contributed by atoms with E-state index in [1.54, 1.807) is 6.26 Å². The van der Waals surface area contributed by atoms with Crippen molar-refractivity contribution in [2.75, 3.05) is 19.0 Å². The summed E-state index contributed by atoms with van der Waals surface area (Å²) < 4.78 is 5.46. The van der Waals surface area contributed by atoms with Gasteiger partial charge in [-0.05, 0) is 25.6 Å². The largest absolute Gasteiger partial charge is 0.431 e. The molecule has 1 aromatic heterocycles. The van der Waals surface area contributed by atoms with Gasteiger partial charge >= 0.3 is 6.01 Å². The number of anilines is 2. The lowest BCUT2D eigenvalue weighted by atomic mass is 10.2. The van der Waals surface area contributed by atoms with Gasteiger partial charge in [-0.2, -0.15) is 4.98 Å². The summed E-state index contributed by atoms with van der Waals surface area (Å²) in [4.78, 5) is 6.37. The van der Waals surface area contributed by atoms with Crippen molar-refractivity contribution in [3.05, 3.63) is 41.8 Å². The van der Waals surface area contributed by atoms with E-state index in [4.69, 9.17) is 4.42 Å². The summed E-state index contributed by atoms with van der Waals surface area (Å²) in [7, 11) is 3.84. The lowest BCUT2D eigenvalue weighted by Gasteiger charge is -2.16. The minimum atomic E-state index is 0.615. The van der Waals surface area contributed by atoms with Crippen LogP contribution in [0.25, 0.3) is 0 Å². The highest BCUT2D eigenvalue weighted by molar-refractivity contribution is 5.59. The van der Waals surface area contributed by atoms with Gasteiger partial charge in [0, 0.05) is 19.3 Å². The van der Waals surface area contributed by atoms with Crippen molar-refractivity contribution in [3.8, 4) is 0 Å². The van der Waals surface area contributed by atoms with Gasteiger partial charge in [0.05, 0.1) is 5.69 Å². The minimum Gasteiger partial charge on any atom is -0.431 e. The third-order valence-corrected chi connectivity index (χ3v) is 2.66. The van der Waals surface area contributed by atoms with E-state index < -0.39 is 0 Å². The highest BCUT2D eigenvalue weighted by Gasteiger charge is 2.11. The monoisotopic (exact) mass is 231 g/mol. The molecular weight excluding hydrogens is 214 g/mol. The Morgan fingerprint density at radius 3 is 2.82 bits per heavy atom. The van der Waals surface area contributed by atoms with E-state index >= 15 is 0 Å². The van der Waals surface area contributed by atoms with E-state index in [0.29, 0.717) is 12.6 Å². The number of oxazole rings is 1. The van der Waals surface area contributed by atoms with Crippen LogP contribution >= 0.6 is 0 Å². The molecule has 2 aromatic rings. The zero-order valence-corrected chi connectivity index (χ0v) is 10.4. The zero-order valence-electron chi connectivity index (χ0n) is 10.4. The SMILES string of the molecule is CNCc1coc(N(C)c2ccccc2C)n1. The second kappa shape index (κ2) is 5.01. The average molecular weight is 231 g/mol. The van der Waals surface area contributed by atoms with Gasteiger partial charge in [0.25, 0.3) is 0 Å². The van der Waals surface area contributed by atoms with Gasteiger partial charge in [0.1, 0.15) is 6.26 Å². The summed E-state index contributed by atoms with van der Waals surface area (Å²) in [6, 6.07) is 8.77. The minimum absolute atomic E-state index is 0.615. The van der Waals surface area contributed by atoms with E-state index in [9.17, 15) is 0 Å². The molecule has 1 N–H and O–H groups in total. The molecule has 0 saturated heterocycles. The fourth-order valence-corrected chi connectivity index (χ4v) is 1.76. The van der Waals surface area contributed by atoms with Crippen molar-refractivity contribution >= 4 is 11.7 Å². The molecule has 4 nitrogen and oxygen atoms in total. The molecular formula is C13H17N3O. The van der Waals surface area contributed by atoms with Gasteiger partial charge in [-0.1, -0.05) is 18.2 Å². The van der Waals surface area contributed by atoms with Crippen molar-refractivity contribution in [2.45, 2.75) is 13.5 Å². The zero-order chi connectivity index (χ0) is 12.3. The number of para-hydroxylation sites is 1. The summed E-state index contributed by atoms with van der Waals surface area (Å²) in [6.45, 7) is 2.79. The molecule has 0 unspecified atom stereocenters. The van der Waals surface area contributed by atoms with E-state index in [2.05, 4.69) is 29.4 Å². The molecule has 17 heavy (non-hydrogen) atoms. The Bertz CT molecular complexity index is 493. The molecule has 1 aromatic carbocycles. The fourth-order valence-electron chi connectivity index (χ4n) is 1.76. The molecule has 2 rings (SSSR count). The second-order valence-electron chi connectivity index (χ2n) is 4.00.